The third-order valence-corrected chi connectivity index (χ3v) is 17.4. The van der Waals surface area contributed by atoms with Gasteiger partial charge in [0.05, 0.1) is 61.1 Å². The maximum atomic E-state index is 10.2. The Morgan fingerprint density at radius 3 is 1.74 bits per heavy atom. The Morgan fingerprint density at radius 2 is 1.05 bits per heavy atom. The van der Waals surface area contributed by atoms with Gasteiger partial charge < -0.3 is 13.7 Å². The first-order valence-corrected chi connectivity index (χ1v) is 29.3. The molecule has 0 N–H and O–H groups in total. The summed E-state index contributed by atoms with van der Waals surface area (Å²) >= 11 is 0. The summed E-state index contributed by atoms with van der Waals surface area (Å²) in [6.07, 6.45) is 5.76. The third-order valence-electron chi connectivity index (χ3n) is 17.4. The molecule has 0 spiro atoms. The SMILES string of the molecule is [2H]c1c([2H])c([2H])c2c(c1[2H])-c1cc(C(C)(C)C)cc(-n3c4ccccc4c4ccccc43)c1-[n+]1[c-]n(-c3cccc(Oc4ccc5c6ccccc6n(-c6cc(C(C)(C)C)ccn6)c5c4)c3)c3cc(-c4ccc5oc6ccccc6c5c4)cc(c31)-c1c([2H])c([2H])c([2H])c([2H])c1-2. The van der Waals surface area contributed by atoms with Crippen molar-refractivity contribution in [2.75, 3.05) is 0 Å². The summed E-state index contributed by atoms with van der Waals surface area (Å²) in [6.45, 7) is 12.9. The standard InChI is InChI=1S/C80H59N5O2/c1-79(2,3)51-38-39-81-76(45-51)85-70-32-17-13-28-62(70)63-36-35-55(47-71(63)85)86-54-21-19-20-53(46-54)82-48-83-77-66(41-50(42-72(77)82)49-34-37-75-65(40-49)64-29-14-18-33-74(64)87-75)58-24-9-7-22-56(58)57-23-8-10-25-59(57)67-43-52(80(4,5)6)44-73(78(67)83)84-68-30-15-11-26-60(68)61-27-12-16-31-69(61)84/h7-47H,1-6H3/i7D,8D,9D,10D,22D,23D,24D,25D. The van der Waals surface area contributed by atoms with E-state index >= 15 is 0 Å². The van der Waals surface area contributed by atoms with Gasteiger partial charge in [-0.15, -0.1) is 0 Å². The monoisotopic (exact) mass is 1130 g/mol. The fourth-order valence-corrected chi connectivity index (χ4v) is 13.2. The molecule has 7 nitrogen and oxygen atoms in total. The van der Waals surface area contributed by atoms with Crippen LogP contribution >= 0.6 is 0 Å². The molecular weight excluding hydrogens is 1060 g/mol. The van der Waals surface area contributed by atoms with Crippen molar-refractivity contribution in [1.82, 2.24) is 18.7 Å². The van der Waals surface area contributed by atoms with Crippen LogP contribution in [-0.2, 0) is 10.8 Å². The molecule has 1 aliphatic rings. The van der Waals surface area contributed by atoms with Crippen LogP contribution in [-0.4, -0.2) is 18.7 Å². The molecule has 0 amide bonds. The first kappa shape index (κ1) is 43.0. The van der Waals surface area contributed by atoms with Crippen molar-refractivity contribution in [3.05, 3.63) is 266 Å². The number of ether oxygens (including phenoxy) is 1. The molecule has 1 aliphatic heterocycles. The number of rotatable bonds is 6. The fourth-order valence-electron chi connectivity index (χ4n) is 13.2. The Bertz CT molecular complexity index is 5990. The zero-order chi connectivity index (χ0) is 65.4. The molecule has 0 saturated heterocycles. The van der Waals surface area contributed by atoms with E-state index in [9.17, 15) is 11.0 Å². The van der Waals surface area contributed by atoms with Crippen molar-refractivity contribution >= 4 is 76.6 Å². The molecule has 0 atom stereocenters. The van der Waals surface area contributed by atoms with Gasteiger partial charge in [0, 0.05) is 44.6 Å². The molecule has 7 heteroatoms. The lowest BCUT2D eigenvalue weighted by molar-refractivity contribution is -0.571. The Kier molecular flexibility index (Phi) is 9.32. The quantitative estimate of drug-likeness (QED) is 0.123. The van der Waals surface area contributed by atoms with Crippen LogP contribution in [0.1, 0.15) is 63.6 Å². The van der Waals surface area contributed by atoms with Crippen molar-refractivity contribution in [3.8, 4) is 78.9 Å². The number of imidazole rings is 1. The number of aromatic nitrogens is 5. The third kappa shape index (κ3) is 7.96. The fraction of sp³-hybridized carbons (Fsp3) is 0.100. The van der Waals surface area contributed by atoms with E-state index in [1.54, 1.807) is 0 Å². The predicted octanol–water partition coefficient (Wildman–Crippen LogP) is 20.6. The predicted molar refractivity (Wildman–Crippen MR) is 357 cm³/mol. The molecular formula is C80H59N5O2. The Labute approximate surface area is 515 Å². The Hall–Kier alpha value is -10.8. The molecule has 16 aromatic rings. The van der Waals surface area contributed by atoms with E-state index < -0.39 is 41.7 Å². The summed E-state index contributed by atoms with van der Waals surface area (Å²) in [4.78, 5) is 4.93. The van der Waals surface area contributed by atoms with Crippen molar-refractivity contribution in [2.45, 2.75) is 52.4 Å². The molecule has 11 aromatic carbocycles. The van der Waals surface area contributed by atoms with Crippen LogP contribution in [0.2, 0.25) is 0 Å². The molecule has 0 aliphatic carbocycles. The van der Waals surface area contributed by atoms with Gasteiger partial charge in [-0.2, -0.15) is 0 Å². The van der Waals surface area contributed by atoms with Gasteiger partial charge in [0.2, 0.25) is 0 Å². The number of fused-ring (bicyclic) bond motifs is 16. The molecule has 6 heterocycles. The van der Waals surface area contributed by atoms with E-state index in [-0.39, 0.29) is 39.8 Å². The van der Waals surface area contributed by atoms with E-state index in [1.807, 2.05) is 125 Å². The van der Waals surface area contributed by atoms with Crippen molar-refractivity contribution in [2.24, 2.45) is 0 Å². The van der Waals surface area contributed by atoms with E-state index in [4.69, 9.17) is 14.1 Å². The zero-order valence-corrected chi connectivity index (χ0v) is 48.6. The molecule has 0 bridgehead atoms. The zero-order valence-electron chi connectivity index (χ0n) is 56.6. The van der Waals surface area contributed by atoms with E-state index in [0.29, 0.717) is 61.9 Å². The number of para-hydroxylation sites is 4. The highest BCUT2D eigenvalue weighted by atomic mass is 16.5. The molecule has 87 heavy (non-hydrogen) atoms. The average Bonchev–Trinajstić information content (AvgIpc) is 1.58. The van der Waals surface area contributed by atoms with Gasteiger partial charge in [-0.05, 0) is 157 Å². The van der Waals surface area contributed by atoms with Crippen LogP contribution < -0.4 is 9.30 Å². The molecule has 416 valence electrons. The summed E-state index contributed by atoms with van der Waals surface area (Å²) in [5.74, 6) is 1.89. The largest absolute Gasteiger partial charge is 0.458 e. The van der Waals surface area contributed by atoms with Crippen LogP contribution in [0.4, 0.5) is 0 Å². The lowest BCUT2D eigenvalue weighted by Crippen LogP contribution is -2.33. The van der Waals surface area contributed by atoms with Crippen molar-refractivity contribution < 1.29 is 24.7 Å². The minimum atomic E-state index is -0.562. The van der Waals surface area contributed by atoms with Gasteiger partial charge in [-0.3, -0.25) is 13.7 Å². The number of furan rings is 1. The Balaban J connectivity index is 1.00. The summed E-state index contributed by atoms with van der Waals surface area (Å²) in [5.41, 5.74) is 11.5. The van der Waals surface area contributed by atoms with E-state index in [0.717, 1.165) is 82.5 Å². The maximum Gasteiger partial charge on any atom is 0.269 e. The highest BCUT2D eigenvalue weighted by molar-refractivity contribution is 6.12. The van der Waals surface area contributed by atoms with Crippen molar-refractivity contribution in [3.63, 3.8) is 0 Å². The molecule has 0 unspecified atom stereocenters. The average molecular weight is 1130 g/mol. The van der Waals surface area contributed by atoms with Gasteiger partial charge in [-0.1, -0.05) is 187 Å². The summed E-state index contributed by atoms with van der Waals surface area (Å²) in [7, 11) is 0. The lowest BCUT2D eigenvalue weighted by Gasteiger charge is -2.26. The number of hydrogen-bond donors (Lipinski definition) is 0. The van der Waals surface area contributed by atoms with Gasteiger partial charge >= 0.3 is 0 Å². The van der Waals surface area contributed by atoms with Gasteiger partial charge in [-0.25, -0.2) is 4.98 Å². The highest BCUT2D eigenvalue weighted by Gasteiger charge is 2.31. The number of hydrogen-bond acceptors (Lipinski definition) is 3. The summed E-state index contributed by atoms with van der Waals surface area (Å²) in [5, 5.41) is 5.91. The lowest BCUT2D eigenvalue weighted by atomic mass is 9.83. The smallest absolute Gasteiger partial charge is 0.269 e. The van der Waals surface area contributed by atoms with Crippen LogP contribution in [0.25, 0.3) is 144 Å². The molecule has 0 radical (unpaired) electrons. The van der Waals surface area contributed by atoms with Gasteiger partial charge in [0.25, 0.3) is 6.33 Å². The second-order valence-corrected chi connectivity index (χ2v) is 24.8. The summed E-state index contributed by atoms with van der Waals surface area (Å²) < 4.78 is 100. The molecule has 5 aromatic heterocycles. The topological polar surface area (TPSA) is 53.9 Å². The normalized spacial score (nSPS) is 13.8. The second kappa shape index (κ2) is 18.9. The minimum Gasteiger partial charge on any atom is -0.458 e. The van der Waals surface area contributed by atoms with E-state index in [1.165, 1.54) is 0 Å². The van der Waals surface area contributed by atoms with Crippen LogP contribution in [0, 0.1) is 6.33 Å². The molecule has 17 rings (SSSR count). The summed E-state index contributed by atoms with van der Waals surface area (Å²) in [6, 6.07) is 61.2. The number of pyridine rings is 1. The van der Waals surface area contributed by atoms with Crippen LogP contribution in [0.3, 0.4) is 0 Å². The first-order valence-electron chi connectivity index (χ1n) is 33.3. The van der Waals surface area contributed by atoms with Crippen LogP contribution in [0.5, 0.6) is 11.5 Å². The van der Waals surface area contributed by atoms with Crippen LogP contribution in [0.15, 0.2) is 253 Å². The number of nitrogens with zero attached hydrogens (tertiary/aromatic N) is 5. The minimum absolute atomic E-state index is 0.0522. The Morgan fingerprint density at radius 1 is 0.448 bits per heavy atom. The first-order chi connectivity index (χ1) is 45.7. The van der Waals surface area contributed by atoms with Gasteiger partial charge in [0.15, 0.2) is 0 Å². The van der Waals surface area contributed by atoms with E-state index in [2.05, 4.69) is 142 Å². The number of benzene rings is 11. The maximum absolute atomic E-state index is 10.2. The second-order valence-electron chi connectivity index (χ2n) is 24.8. The molecule has 0 saturated carbocycles. The van der Waals surface area contributed by atoms with Crippen molar-refractivity contribution in [1.29, 1.82) is 0 Å². The highest BCUT2D eigenvalue weighted by Crippen LogP contribution is 2.48. The van der Waals surface area contributed by atoms with Gasteiger partial charge in [0.1, 0.15) is 28.5 Å². The molecule has 0 fully saturated rings.